The molecule has 0 aromatic carbocycles. The molecule has 0 bridgehead atoms. The summed E-state index contributed by atoms with van der Waals surface area (Å²) < 4.78 is 0. The number of rotatable bonds is 4. The minimum atomic E-state index is -0.234. The van der Waals surface area contributed by atoms with Crippen molar-refractivity contribution in [1.82, 2.24) is 15.5 Å². The van der Waals surface area contributed by atoms with Crippen molar-refractivity contribution in [2.75, 3.05) is 12.3 Å². The summed E-state index contributed by atoms with van der Waals surface area (Å²) in [4.78, 5) is 11.7. The van der Waals surface area contributed by atoms with E-state index >= 15 is 0 Å². The number of hydrogen-bond donors (Lipinski definition) is 3. The van der Waals surface area contributed by atoms with Crippen LogP contribution >= 0.6 is 11.3 Å². The molecule has 0 fully saturated rings. The fourth-order valence-electron chi connectivity index (χ4n) is 1.45. The number of nitrogens with two attached hydrogens (primary N) is 1. The molecule has 0 aliphatic carbocycles. The summed E-state index contributed by atoms with van der Waals surface area (Å²) in [5, 5.41) is 13.4. The zero-order valence-electron chi connectivity index (χ0n) is 9.49. The van der Waals surface area contributed by atoms with Crippen LogP contribution in [0.3, 0.4) is 0 Å². The molecule has 1 amide bonds. The van der Waals surface area contributed by atoms with E-state index in [4.69, 9.17) is 5.73 Å². The lowest BCUT2D eigenvalue weighted by molar-refractivity contribution is 0.0950. The van der Waals surface area contributed by atoms with Crippen molar-refractivity contribution in [2.24, 2.45) is 0 Å². The van der Waals surface area contributed by atoms with E-state index in [0.717, 1.165) is 6.42 Å². The summed E-state index contributed by atoms with van der Waals surface area (Å²) in [5.41, 5.74) is 8.34. The van der Waals surface area contributed by atoms with Crippen LogP contribution < -0.4 is 11.1 Å². The zero-order valence-corrected chi connectivity index (χ0v) is 10.3. The van der Waals surface area contributed by atoms with Crippen LogP contribution in [0.1, 0.15) is 21.7 Å². The van der Waals surface area contributed by atoms with Gasteiger partial charge in [0.1, 0.15) is 0 Å². The van der Waals surface area contributed by atoms with E-state index in [2.05, 4.69) is 20.9 Å². The van der Waals surface area contributed by atoms with Crippen LogP contribution in [0.2, 0.25) is 0 Å². The van der Waals surface area contributed by atoms with E-state index < -0.39 is 0 Å². The van der Waals surface area contributed by atoms with Crippen molar-refractivity contribution in [3.63, 3.8) is 0 Å². The summed E-state index contributed by atoms with van der Waals surface area (Å²) in [6.45, 7) is 2.37. The lowest BCUT2D eigenvalue weighted by atomic mass is 10.2. The van der Waals surface area contributed by atoms with Crippen molar-refractivity contribution in [1.29, 1.82) is 0 Å². The molecule has 0 saturated carbocycles. The average Bonchev–Trinajstić information content (AvgIpc) is 2.91. The Morgan fingerprint density at radius 3 is 3.06 bits per heavy atom. The summed E-state index contributed by atoms with van der Waals surface area (Å²) >= 11 is 1.65. The summed E-state index contributed by atoms with van der Waals surface area (Å²) in [6, 6.07) is 2.05. The fraction of sp³-hybridized carbons (Fsp3) is 0.273. The molecule has 2 aromatic rings. The molecule has 0 aliphatic heterocycles. The number of amides is 1. The first kappa shape index (κ1) is 11.7. The van der Waals surface area contributed by atoms with Crippen LogP contribution in [0.4, 0.5) is 5.69 Å². The van der Waals surface area contributed by atoms with Crippen LogP contribution in [-0.2, 0) is 6.42 Å². The monoisotopic (exact) mass is 250 g/mol. The van der Waals surface area contributed by atoms with Crippen molar-refractivity contribution >= 4 is 22.9 Å². The van der Waals surface area contributed by atoms with Crippen molar-refractivity contribution in [3.8, 4) is 0 Å². The molecule has 2 aromatic heterocycles. The normalized spacial score (nSPS) is 10.4. The minimum Gasteiger partial charge on any atom is -0.395 e. The number of H-pyrrole nitrogens is 1. The van der Waals surface area contributed by atoms with Gasteiger partial charge in [-0.3, -0.25) is 9.89 Å². The Morgan fingerprint density at radius 2 is 2.47 bits per heavy atom. The molecule has 0 aliphatic rings. The molecule has 0 saturated heterocycles. The number of nitrogen functional groups attached to an aromatic ring is 1. The Morgan fingerprint density at radius 1 is 1.65 bits per heavy atom. The van der Waals surface area contributed by atoms with Gasteiger partial charge in [0.2, 0.25) is 0 Å². The molecule has 5 nitrogen and oxygen atoms in total. The Bertz CT molecular complexity index is 504. The molecule has 90 valence electrons. The minimum absolute atomic E-state index is 0.234. The van der Waals surface area contributed by atoms with Crippen LogP contribution in [0, 0.1) is 6.92 Å². The number of anilines is 1. The van der Waals surface area contributed by atoms with Gasteiger partial charge >= 0.3 is 0 Å². The first-order valence-corrected chi connectivity index (χ1v) is 6.22. The molecule has 4 N–H and O–H groups in total. The smallest absolute Gasteiger partial charge is 0.273 e. The van der Waals surface area contributed by atoms with E-state index in [9.17, 15) is 4.79 Å². The standard InChI is InChI=1S/C11H14N4OS/c1-7-9(12)10(15-14-7)11(16)13-4-2-8-3-5-17-6-8/h3,5-6H,2,4,12H2,1H3,(H,13,16)(H,14,15). The Balaban J connectivity index is 1.87. The number of aromatic nitrogens is 2. The maximum atomic E-state index is 11.7. The van der Waals surface area contributed by atoms with Gasteiger partial charge in [-0.2, -0.15) is 16.4 Å². The number of nitrogens with zero attached hydrogens (tertiary/aromatic N) is 1. The van der Waals surface area contributed by atoms with Crippen LogP contribution in [-0.4, -0.2) is 22.6 Å². The second-order valence-corrected chi connectivity index (χ2v) is 4.53. The van der Waals surface area contributed by atoms with Crippen LogP contribution in [0.15, 0.2) is 16.8 Å². The predicted molar refractivity (Wildman–Crippen MR) is 68.1 cm³/mol. The molecule has 0 atom stereocenters. The first-order chi connectivity index (χ1) is 8.18. The highest BCUT2D eigenvalue weighted by atomic mass is 32.1. The third kappa shape index (κ3) is 2.65. The Hall–Kier alpha value is -1.82. The van der Waals surface area contributed by atoms with Crippen LogP contribution in [0.5, 0.6) is 0 Å². The van der Waals surface area contributed by atoms with Crippen molar-refractivity contribution < 1.29 is 4.79 Å². The number of carbonyl (C=O) groups is 1. The SMILES string of the molecule is Cc1[nH]nc(C(=O)NCCc2ccsc2)c1N. The lowest BCUT2D eigenvalue weighted by Gasteiger charge is -2.02. The van der Waals surface area contributed by atoms with Gasteiger partial charge in [-0.05, 0) is 35.7 Å². The predicted octanol–water partition coefficient (Wildman–Crippen LogP) is 1.33. The Labute approximate surface area is 103 Å². The van der Waals surface area contributed by atoms with Crippen molar-refractivity contribution in [2.45, 2.75) is 13.3 Å². The lowest BCUT2D eigenvalue weighted by Crippen LogP contribution is -2.26. The van der Waals surface area contributed by atoms with Gasteiger partial charge in [0.05, 0.1) is 11.4 Å². The summed E-state index contributed by atoms with van der Waals surface area (Å²) in [5.74, 6) is -0.234. The van der Waals surface area contributed by atoms with Gasteiger partial charge in [-0.25, -0.2) is 0 Å². The average molecular weight is 250 g/mol. The molecule has 17 heavy (non-hydrogen) atoms. The van der Waals surface area contributed by atoms with Gasteiger partial charge in [-0.1, -0.05) is 0 Å². The maximum absolute atomic E-state index is 11.7. The van der Waals surface area contributed by atoms with Gasteiger partial charge in [0.25, 0.3) is 5.91 Å². The summed E-state index contributed by atoms with van der Waals surface area (Å²) in [6.07, 6.45) is 0.818. The topological polar surface area (TPSA) is 83.8 Å². The number of carbonyl (C=O) groups excluding carboxylic acids is 1. The van der Waals surface area contributed by atoms with Gasteiger partial charge in [0.15, 0.2) is 5.69 Å². The second-order valence-electron chi connectivity index (χ2n) is 3.75. The van der Waals surface area contributed by atoms with E-state index in [-0.39, 0.29) is 11.6 Å². The molecule has 0 radical (unpaired) electrons. The fourth-order valence-corrected chi connectivity index (χ4v) is 2.15. The number of nitrogens with one attached hydrogen (secondary N) is 2. The molecule has 2 heterocycles. The number of hydrogen-bond acceptors (Lipinski definition) is 4. The van der Waals surface area contributed by atoms with Gasteiger partial charge in [0, 0.05) is 6.54 Å². The molecule has 6 heteroatoms. The van der Waals surface area contributed by atoms with E-state index in [1.807, 2.05) is 11.4 Å². The van der Waals surface area contributed by atoms with Crippen molar-refractivity contribution in [3.05, 3.63) is 33.8 Å². The van der Waals surface area contributed by atoms with E-state index in [1.54, 1.807) is 18.3 Å². The largest absolute Gasteiger partial charge is 0.395 e. The molecular formula is C11H14N4OS. The third-order valence-corrected chi connectivity index (χ3v) is 3.22. The molecular weight excluding hydrogens is 236 g/mol. The number of aromatic amines is 1. The number of aryl methyl sites for hydroxylation is 1. The first-order valence-electron chi connectivity index (χ1n) is 5.28. The highest BCUT2D eigenvalue weighted by molar-refractivity contribution is 7.07. The molecule has 0 unspecified atom stereocenters. The molecule has 2 rings (SSSR count). The van der Waals surface area contributed by atoms with Gasteiger partial charge < -0.3 is 11.1 Å². The highest BCUT2D eigenvalue weighted by Gasteiger charge is 2.14. The zero-order chi connectivity index (χ0) is 12.3. The van der Waals surface area contributed by atoms with E-state index in [0.29, 0.717) is 17.9 Å². The quantitative estimate of drug-likeness (QED) is 0.765. The number of thiophene rings is 1. The highest BCUT2D eigenvalue weighted by Crippen LogP contribution is 2.12. The third-order valence-electron chi connectivity index (χ3n) is 2.49. The van der Waals surface area contributed by atoms with Crippen LogP contribution in [0.25, 0.3) is 0 Å². The van der Waals surface area contributed by atoms with Gasteiger partial charge in [-0.15, -0.1) is 0 Å². The second kappa shape index (κ2) is 5.01. The summed E-state index contributed by atoms with van der Waals surface area (Å²) in [7, 11) is 0. The van der Waals surface area contributed by atoms with E-state index in [1.165, 1.54) is 5.56 Å². The Kier molecular flexibility index (Phi) is 3.43. The molecule has 0 spiro atoms. The maximum Gasteiger partial charge on any atom is 0.273 e.